The van der Waals surface area contributed by atoms with Gasteiger partial charge >= 0.3 is 6.09 Å². The highest BCUT2D eigenvalue weighted by molar-refractivity contribution is 7.16. The third kappa shape index (κ3) is 3.83. The van der Waals surface area contributed by atoms with Gasteiger partial charge in [-0.2, -0.15) is 0 Å². The molecule has 0 radical (unpaired) electrons. The second kappa shape index (κ2) is 7.60. The van der Waals surface area contributed by atoms with Crippen molar-refractivity contribution in [3.8, 4) is 10.4 Å². The zero-order valence-electron chi connectivity index (χ0n) is 14.5. The van der Waals surface area contributed by atoms with Crippen molar-refractivity contribution in [3.05, 3.63) is 83.2 Å². The highest BCUT2D eigenvalue weighted by Crippen LogP contribution is 2.28. The molecule has 0 N–H and O–H groups in total. The molecule has 4 nitrogen and oxygen atoms in total. The highest BCUT2D eigenvalue weighted by Gasteiger charge is 2.23. The van der Waals surface area contributed by atoms with Gasteiger partial charge < -0.3 is 4.74 Å². The van der Waals surface area contributed by atoms with Gasteiger partial charge in [-0.05, 0) is 42.0 Å². The Bertz CT molecular complexity index is 1010. The number of rotatable bonds is 5. The Kier molecular flexibility index (Phi) is 4.85. The minimum Gasteiger partial charge on any atom is -0.447 e. The Morgan fingerprint density at radius 2 is 1.89 bits per heavy atom. The van der Waals surface area contributed by atoms with Crippen LogP contribution in [0.4, 0.5) is 10.5 Å². The molecule has 134 valence electrons. The summed E-state index contributed by atoms with van der Waals surface area (Å²) in [5, 5.41) is 0. The van der Waals surface area contributed by atoms with Gasteiger partial charge in [-0.1, -0.05) is 42.5 Å². The van der Waals surface area contributed by atoms with Gasteiger partial charge in [0.15, 0.2) is 5.78 Å². The molecule has 0 spiro atoms. The lowest BCUT2D eigenvalue weighted by Crippen LogP contribution is -2.23. The van der Waals surface area contributed by atoms with Gasteiger partial charge in [0.05, 0.1) is 6.54 Å². The van der Waals surface area contributed by atoms with Gasteiger partial charge in [-0.15, -0.1) is 11.3 Å². The van der Waals surface area contributed by atoms with Crippen LogP contribution in [0.15, 0.2) is 72.8 Å². The lowest BCUT2D eigenvalue weighted by molar-refractivity contribution is 0.104. The van der Waals surface area contributed by atoms with Crippen LogP contribution < -0.4 is 4.90 Å². The molecule has 0 unspecified atom stereocenters. The average molecular weight is 375 g/mol. The number of nitrogens with zero attached hydrogens (tertiary/aromatic N) is 1. The van der Waals surface area contributed by atoms with E-state index in [4.69, 9.17) is 4.74 Å². The van der Waals surface area contributed by atoms with Crippen molar-refractivity contribution in [1.29, 1.82) is 0 Å². The summed E-state index contributed by atoms with van der Waals surface area (Å²) in [4.78, 5) is 27.9. The third-order valence-electron chi connectivity index (χ3n) is 4.29. The molecule has 4 rings (SSSR count). The summed E-state index contributed by atoms with van der Waals surface area (Å²) in [7, 11) is 0. The molecule has 1 saturated heterocycles. The molecule has 0 saturated carbocycles. The predicted octanol–water partition coefficient (Wildman–Crippen LogP) is 5.27. The molecular formula is C22H17NO3S. The minimum absolute atomic E-state index is 0.0981. The molecule has 0 bridgehead atoms. The summed E-state index contributed by atoms with van der Waals surface area (Å²) in [5.74, 6) is -0.0981. The quantitative estimate of drug-likeness (QED) is 0.451. The largest absolute Gasteiger partial charge is 0.447 e. The third-order valence-corrected chi connectivity index (χ3v) is 5.39. The standard InChI is InChI=1S/C22H17NO3S/c24-20(17-7-4-8-18(15-17)23-13-14-26-22(23)25)11-9-19-10-12-21(27-19)16-5-2-1-3-6-16/h1-12,15H,13-14H2/b11-9+. The van der Waals surface area contributed by atoms with E-state index in [9.17, 15) is 9.59 Å². The van der Waals surface area contributed by atoms with E-state index in [1.807, 2.05) is 30.3 Å². The van der Waals surface area contributed by atoms with Crippen molar-refractivity contribution >= 4 is 35.0 Å². The van der Waals surface area contributed by atoms with Crippen molar-refractivity contribution in [1.82, 2.24) is 0 Å². The number of amides is 1. The summed E-state index contributed by atoms with van der Waals surface area (Å²) in [6.07, 6.45) is 3.03. The maximum Gasteiger partial charge on any atom is 0.414 e. The van der Waals surface area contributed by atoms with Crippen LogP contribution in [-0.4, -0.2) is 25.0 Å². The number of hydrogen-bond acceptors (Lipinski definition) is 4. The van der Waals surface area contributed by atoms with Gasteiger partial charge in [-0.3, -0.25) is 9.69 Å². The van der Waals surface area contributed by atoms with Gasteiger partial charge in [0.1, 0.15) is 6.61 Å². The van der Waals surface area contributed by atoms with Crippen LogP contribution >= 0.6 is 11.3 Å². The number of hydrogen-bond donors (Lipinski definition) is 0. The summed E-state index contributed by atoms with van der Waals surface area (Å²) in [6, 6.07) is 21.3. The molecule has 2 heterocycles. The normalized spacial score (nSPS) is 13.9. The number of cyclic esters (lactones) is 1. The number of carbonyl (C=O) groups is 2. The number of benzene rings is 2. The van der Waals surface area contributed by atoms with Crippen LogP contribution in [0.3, 0.4) is 0 Å². The fraction of sp³-hybridized carbons (Fsp3) is 0.0909. The van der Waals surface area contributed by atoms with Gasteiger partial charge in [0.25, 0.3) is 0 Å². The smallest absolute Gasteiger partial charge is 0.414 e. The van der Waals surface area contributed by atoms with E-state index < -0.39 is 0 Å². The first-order chi connectivity index (χ1) is 13.2. The van der Waals surface area contributed by atoms with Crippen molar-refractivity contribution in [3.63, 3.8) is 0 Å². The SMILES string of the molecule is O=C(/C=C/c1ccc(-c2ccccc2)s1)c1cccc(N2CCOC2=O)c1. The summed E-state index contributed by atoms with van der Waals surface area (Å²) in [6.45, 7) is 0.878. The van der Waals surface area contributed by atoms with E-state index in [1.165, 1.54) is 10.5 Å². The van der Waals surface area contributed by atoms with Crippen LogP contribution in [0, 0.1) is 0 Å². The van der Waals surface area contributed by atoms with Crippen LogP contribution in [-0.2, 0) is 4.74 Å². The number of thiophene rings is 1. The minimum atomic E-state index is -0.373. The van der Waals surface area contributed by atoms with E-state index in [0.717, 1.165) is 9.75 Å². The number of allylic oxidation sites excluding steroid dienone is 1. The van der Waals surface area contributed by atoms with Crippen molar-refractivity contribution in [2.24, 2.45) is 0 Å². The van der Waals surface area contributed by atoms with Gasteiger partial charge in [0.2, 0.25) is 0 Å². The van der Waals surface area contributed by atoms with Crippen molar-refractivity contribution < 1.29 is 14.3 Å². The number of carbonyl (C=O) groups excluding carboxylic acids is 2. The fourth-order valence-electron chi connectivity index (χ4n) is 2.91. The molecule has 0 atom stereocenters. The van der Waals surface area contributed by atoms with Crippen LogP contribution in [0.2, 0.25) is 0 Å². The Balaban J connectivity index is 1.49. The molecule has 1 aliphatic rings. The Hall–Kier alpha value is -3.18. The number of ether oxygens (including phenoxy) is 1. The molecule has 1 fully saturated rings. The maximum absolute atomic E-state index is 12.5. The van der Waals surface area contributed by atoms with E-state index >= 15 is 0 Å². The number of anilines is 1. The zero-order valence-corrected chi connectivity index (χ0v) is 15.3. The molecule has 1 aromatic heterocycles. The molecule has 3 aromatic rings. The van der Waals surface area contributed by atoms with E-state index in [2.05, 4.69) is 18.2 Å². The molecule has 27 heavy (non-hydrogen) atoms. The van der Waals surface area contributed by atoms with Crippen molar-refractivity contribution in [2.75, 3.05) is 18.1 Å². The Morgan fingerprint density at radius 3 is 2.67 bits per heavy atom. The van der Waals surface area contributed by atoms with E-state index in [1.54, 1.807) is 41.7 Å². The topological polar surface area (TPSA) is 46.6 Å². The average Bonchev–Trinajstić information content (AvgIpc) is 3.36. The van der Waals surface area contributed by atoms with Gasteiger partial charge in [0, 0.05) is 21.0 Å². The Morgan fingerprint density at radius 1 is 1.04 bits per heavy atom. The first-order valence-corrected chi connectivity index (χ1v) is 9.44. The van der Waals surface area contributed by atoms with E-state index in [-0.39, 0.29) is 11.9 Å². The first-order valence-electron chi connectivity index (χ1n) is 8.63. The monoisotopic (exact) mass is 375 g/mol. The lowest BCUT2D eigenvalue weighted by Gasteiger charge is -2.13. The van der Waals surface area contributed by atoms with Crippen LogP contribution in [0.5, 0.6) is 0 Å². The molecule has 0 aliphatic carbocycles. The van der Waals surface area contributed by atoms with Crippen LogP contribution in [0.25, 0.3) is 16.5 Å². The molecule has 1 aliphatic heterocycles. The molecule has 2 aromatic carbocycles. The zero-order chi connectivity index (χ0) is 18.6. The molecular weight excluding hydrogens is 358 g/mol. The molecule has 5 heteroatoms. The summed E-state index contributed by atoms with van der Waals surface area (Å²) < 4.78 is 4.95. The Labute approximate surface area is 161 Å². The first kappa shape index (κ1) is 17.2. The lowest BCUT2D eigenvalue weighted by atomic mass is 10.1. The maximum atomic E-state index is 12.5. The fourth-order valence-corrected chi connectivity index (χ4v) is 3.83. The van der Waals surface area contributed by atoms with E-state index in [0.29, 0.717) is 24.4 Å². The summed E-state index contributed by atoms with van der Waals surface area (Å²) in [5.41, 5.74) is 2.39. The predicted molar refractivity (Wildman–Crippen MR) is 108 cm³/mol. The second-order valence-corrected chi connectivity index (χ2v) is 7.20. The van der Waals surface area contributed by atoms with Crippen molar-refractivity contribution in [2.45, 2.75) is 0 Å². The number of ketones is 1. The van der Waals surface area contributed by atoms with Gasteiger partial charge in [-0.25, -0.2) is 4.79 Å². The molecule has 1 amide bonds. The summed E-state index contributed by atoms with van der Waals surface area (Å²) >= 11 is 1.64. The van der Waals surface area contributed by atoms with Crippen LogP contribution in [0.1, 0.15) is 15.2 Å². The highest BCUT2D eigenvalue weighted by atomic mass is 32.1. The second-order valence-electron chi connectivity index (χ2n) is 6.08.